The van der Waals surface area contributed by atoms with Gasteiger partial charge >= 0.3 is 0 Å². The van der Waals surface area contributed by atoms with Crippen molar-refractivity contribution >= 4 is 12.0 Å². The summed E-state index contributed by atoms with van der Waals surface area (Å²) in [6.07, 6.45) is 5.07. The number of nitrogens with zero attached hydrogens (tertiary/aromatic N) is 2. The van der Waals surface area contributed by atoms with Crippen LogP contribution in [0.1, 0.15) is 18.4 Å². The maximum absolute atomic E-state index is 10.6. The van der Waals surface area contributed by atoms with E-state index in [1.54, 1.807) is 12.3 Å². The minimum absolute atomic E-state index is 0.582. The minimum Gasteiger partial charge on any atom is -0.288 e. The van der Waals surface area contributed by atoms with E-state index in [0.717, 1.165) is 12.2 Å². The summed E-state index contributed by atoms with van der Waals surface area (Å²) < 4.78 is 0. The van der Waals surface area contributed by atoms with Gasteiger partial charge in [-0.25, -0.2) is 15.4 Å². The van der Waals surface area contributed by atoms with Crippen molar-refractivity contribution in [2.45, 2.75) is 13.3 Å². The Kier molecular flexibility index (Phi) is 3.75. The molecule has 5 heteroatoms. The fourth-order valence-corrected chi connectivity index (χ4v) is 0.876. The highest BCUT2D eigenvalue weighted by Gasteiger charge is 1.94. The van der Waals surface area contributed by atoms with E-state index in [1.807, 2.05) is 6.92 Å². The Labute approximate surface area is 81.5 Å². The van der Waals surface area contributed by atoms with Gasteiger partial charge in [0.15, 0.2) is 0 Å². The first-order valence-corrected chi connectivity index (χ1v) is 4.20. The fourth-order valence-electron chi connectivity index (χ4n) is 0.876. The van der Waals surface area contributed by atoms with Crippen molar-refractivity contribution in [3.8, 4) is 0 Å². The number of hydroxylamine groups is 1. The second kappa shape index (κ2) is 5.08. The van der Waals surface area contributed by atoms with Gasteiger partial charge in [-0.2, -0.15) is 0 Å². The molecular weight excluding hydrogens is 182 g/mol. The highest BCUT2D eigenvalue weighted by Crippen LogP contribution is 1.98. The molecule has 0 bridgehead atoms. The van der Waals surface area contributed by atoms with Gasteiger partial charge in [-0.05, 0) is 12.1 Å². The lowest BCUT2D eigenvalue weighted by Gasteiger charge is -1.96. The lowest BCUT2D eigenvalue weighted by atomic mass is 10.3. The molecule has 0 aliphatic rings. The smallest absolute Gasteiger partial charge is 0.267 e. The van der Waals surface area contributed by atoms with Gasteiger partial charge in [0.1, 0.15) is 5.82 Å². The molecule has 0 unspecified atom stereocenters. The molecule has 0 saturated carbocycles. The van der Waals surface area contributed by atoms with Crippen LogP contribution in [0.15, 0.2) is 18.3 Å². The maximum atomic E-state index is 10.6. The van der Waals surface area contributed by atoms with Gasteiger partial charge in [0.05, 0.1) is 5.69 Å². The van der Waals surface area contributed by atoms with E-state index in [-0.39, 0.29) is 0 Å². The van der Waals surface area contributed by atoms with Crippen molar-refractivity contribution in [1.82, 2.24) is 15.4 Å². The molecule has 74 valence electrons. The lowest BCUT2D eigenvalue weighted by molar-refractivity contribution is -0.124. The van der Waals surface area contributed by atoms with Crippen molar-refractivity contribution < 1.29 is 10.0 Å². The Balaban J connectivity index is 2.76. The zero-order valence-corrected chi connectivity index (χ0v) is 7.77. The fraction of sp³-hybridized carbons (Fsp3) is 0.222. The molecule has 0 atom stereocenters. The minimum atomic E-state index is -0.582. The Morgan fingerprint density at radius 2 is 2.50 bits per heavy atom. The van der Waals surface area contributed by atoms with E-state index in [0.29, 0.717) is 5.69 Å². The largest absolute Gasteiger partial charge is 0.288 e. The average Bonchev–Trinajstić information content (AvgIpc) is 2.26. The zero-order chi connectivity index (χ0) is 10.4. The van der Waals surface area contributed by atoms with Crippen LogP contribution in [-0.2, 0) is 11.2 Å². The monoisotopic (exact) mass is 193 g/mol. The normalized spacial score (nSPS) is 10.4. The quantitative estimate of drug-likeness (QED) is 0.418. The van der Waals surface area contributed by atoms with E-state index in [1.165, 1.54) is 17.6 Å². The van der Waals surface area contributed by atoms with E-state index in [9.17, 15) is 4.79 Å². The number of aryl methyl sites for hydroxylation is 1. The summed E-state index contributed by atoms with van der Waals surface area (Å²) >= 11 is 0. The van der Waals surface area contributed by atoms with Crippen LogP contribution in [0.3, 0.4) is 0 Å². The number of amides is 1. The number of carbonyl (C=O) groups excluding carboxylic acids is 1. The Bertz CT molecular complexity index is 350. The number of hydrogen-bond acceptors (Lipinski definition) is 4. The van der Waals surface area contributed by atoms with Crippen LogP contribution in [0, 0.1) is 0 Å². The van der Waals surface area contributed by atoms with Crippen molar-refractivity contribution in [2.75, 3.05) is 0 Å². The van der Waals surface area contributed by atoms with E-state index in [4.69, 9.17) is 5.21 Å². The first kappa shape index (κ1) is 10.3. The van der Waals surface area contributed by atoms with Gasteiger partial charge < -0.3 is 0 Å². The molecule has 0 spiro atoms. The molecule has 0 saturated heterocycles. The summed E-state index contributed by atoms with van der Waals surface area (Å²) in [6, 6.07) is 1.68. The molecular formula is C9H11N3O2. The molecule has 0 aliphatic heterocycles. The molecule has 2 N–H and O–H groups in total. The first-order valence-electron chi connectivity index (χ1n) is 4.20. The van der Waals surface area contributed by atoms with E-state index in [2.05, 4.69) is 9.97 Å². The number of carbonyl (C=O) groups is 1. The predicted molar refractivity (Wildman–Crippen MR) is 50.4 cm³/mol. The molecule has 1 rings (SSSR count). The van der Waals surface area contributed by atoms with Gasteiger partial charge in [-0.15, -0.1) is 0 Å². The van der Waals surface area contributed by atoms with Gasteiger partial charge in [-0.1, -0.05) is 6.92 Å². The molecule has 1 aromatic rings. The first-order chi connectivity index (χ1) is 6.76. The van der Waals surface area contributed by atoms with Crippen LogP contribution in [0.25, 0.3) is 6.08 Å². The highest BCUT2D eigenvalue weighted by molar-refractivity contribution is 5.90. The maximum Gasteiger partial charge on any atom is 0.267 e. The van der Waals surface area contributed by atoms with Gasteiger partial charge in [0.25, 0.3) is 5.91 Å². The van der Waals surface area contributed by atoms with Crippen LogP contribution in [0.4, 0.5) is 0 Å². The summed E-state index contributed by atoms with van der Waals surface area (Å²) in [5, 5.41) is 8.23. The number of hydrogen-bond donors (Lipinski definition) is 2. The predicted octanol–water partition coefficient (Wildman–Crippen LogP) is 0.558. The third-order valence-electron chi connectivity index (χ3n) is 1.56. The van der Waals surface area contributed by atoms with Crippen molar-refractivity contribution in [3.63, 3.8) is 0 Å². The van der Waals surface area contributed by atoms with Crippen molar-refractivity contribution in [1.29, 1.82) is 0 Å². The molecule has 1 aromatic heterocycles. The van der Waals surface area contributed by atoms with Gasteiger partial charge in [-0.3, -0.25) is 10.0 Å². The van der Waals surface area contributed by atoms with Crippen molar-refractivity contribution in [2.24, 2.45) is 0 Å². The molecule has 0 aromatic carbocycles. The second-order valence-corrected chi connectivity index (χ2v) is 2.56. The summed E-state index contributed by atoms with van der Waals surface area (Å²) in [4.78, 5) is 18.8. The van der Waals surface area contributed by atoms with E-state index < -0.39 is 5.91 Å². The van der Waals surface area contributed by atoms with Crippen LogP contribution in [0.5, 0.6) is 0 Å². The molecule has 1 amide bonds. The second-order valence-electron chi connectivity index (χ2n) is 2.56. The van der Waals surface area contributed by atoms with Crippen LogP contribution in [0.2, 0.25) is 0 Å². The Morgan fingerprint density at radius 3 is 3.14 bits per heavy atom. The molecule has 5 nitrogen and oxygen atoms in total. The summed E-state index contributed by atoms with van der Waals surface area (Å²) in [7, 11) is 0. The van der Waals surface area contributed by atoms with Crippen LogP contribution >= 0.6 is 0 Å². The SMILES string of the molecule is CCc1nccc(/C=C/C(=O)NO)n1. The standard InChI is InChI=1S/C9H11N3O2/c1-2-8-10-6-5-7(11-8)3-4-9(13)12-14/h3-6,14H,2H2,1H3,(H,12,13)/b4-3+. The molecule has 14 heavy (non-hydrogen) atoms. The van der Waals surface area contributed by atoms with Gasteiger partial charge in [0.2, 0.25) is 0 Å². The molecule has 0 radical (unpaired) electrons. The highest BCUT2D eigenvalue weighted by atomic mass is 16.5. The number of nitrogens with one attached hydrogen (secondary N) is 1. The topological polar surface area (TPSA) is 75.1 Å². The average molecular weight is 193 g/mol. The summed E-state index contributed by atoms with van der Waals surface area (Å²) in [5.74, 6) is 0.137. The van der Waals surface area contributed by atoms with Crippen LogP contribution < -0.4 is 5.48 Å². The Hall–Kier alpha value is -1.75. The lowest BCUT2D eigenvalue weighted by Crippen LogP contribution is -2.14. The van der Waals surface area contributed by atoms with E-state index >= 15 is 0 Å². The number of aromatic nitrogens is 2. The Morgan fingerprint density at radius 1 is 1.71 bits per heavy atom. The third kappa shape index (κ3) is 2.95. The van der Waals surface area contributed by atoms with Crippen LogP contribution in [-0.4, -0.2) is 21.1 Å². The molecule has 0 fully saturated rings. The third-order valence-corrected chi connectivity index (χ3v) is 1.56. The van der Waals surface area contributed by atoms with Crippen molar-refractivity contribution in [3.05, 3.63) is 29.9 Å². The summed E-state index contributed by atoms with van der Waals surface area (Å²) in [6.45, 7) is 1.95. The molecule has 1 heterocycles. The summed E-state index contributed by atoms with van der Waals surface area (Å²) in [5.41, 5.74) is 2.13. The number of rotatable bonds is 3. The molecule has 0 aliphatic carbocycles. The zero-order valence-electron chi connectivity index (χ0n) is 7.77. The van der Waals surface area contributed by atoms with Gasteiger partial charge in [0, 0.05) is 18.7 Å².